The molecule has 0 aromatic heterocycles. The van der Waals surface area contributed by atoms with Gasteiger partial charge in [0.1, 0.15) is 0 Å². The van der Waals surface area contributed by atoms with Gasteiger partial charge in [-0.15, -0.1) is 0 Å². The van der Waals surface area contributed by atoms with Crippen LogP contribution in [0, 0.1) is 5.41 Å². The fraction of sp³-hybridized carbons (Fsp3) is 0.565. The first-order valence-corrected chi connectivity index (χ1v) is 10.6. The van der Waals surface area contributed by atoms with Crippen LogP contribution in [0.2, 0.25) is 0 Å². The zero-order valence-corrected chi connectivity index (χ0v) is 16.7. The summed E-state index contributed by atoms with van der Waals surface area (Å²) in [5, 5.41) is 0. The maximum atomic E-state index is 12.6. The van der Waals surface area contributed by atoms with E-state index in [9.17, 15) is 9.59 Å². The summed E-state index contributed by atoms with van der Waals surface area (Å²) in [4.78, 5) is 31.4. The lowest BCUT2D eigenvalue weighted by Crippen LogP contribution is -2.47. The van der Waals surface area contributed by atoms with E-state index in [1.807, 2.05) is 28.0 Å². The van der Waals surface area contributed by atoms with Crippen LogP contribution in [0.15, 0.2) is 36.4 Å². The van der Waals surface area contributed by atoms with Crippen LogP contribution in [0.1, 0.15) is 37.7 Å². The smallest absolute Gasteiger partial charge is 0.236 e. The second kappa shape index (κ2) is 8.48. The summed E-state index contributed by atoms with van der Waals surface area (Å²) in [5.74, 6) is 0.526. The second-order valence-corrected chi connectivity index (χ2v) is 8.63. The molecule has 0 radical (unpaired) electrons. The van der Waals surface area contributed by atoms with Crippen LogP contribution in [0.3, 0.4) is 0 Å². The average molecular weight is 382 g/mol. The Kier molecular flexibility index (Phi) is 5.81. The van der Waals surface area contributed by atoms with Gasteiger partial charge in [-0.1, -0.05) is 42.5 Å². The van der Waals surface area contributed by atoms with E-state index in [1.54, 1.807) is 0 Å². The van der Waals surface area contributed by atoms with E-state index in [0.717, 1.165) is 51.1 Å². The topological polar surface area (TPSA) is 43.9 Å². The normalized spacial score (nSPS) is 22.6. The molecule has 3 heterocycles. The summed E-state index contributed by atoms with van der Waals surface area (Å²) in [5.41, 5.74) is 1.23. The van der Waals surface area contributed by atoms with Crippen LogP contribution in [0.5, 0.6) is 0 Å². The maximum Gasteiger partial charge on any atom is 0.236 e. The van der Waals surface area contributed by atoms with E-state index in [1.165, 1.54) is 12.8 Å². The van der Waals surface area contributed by atoms with Crippen LogP contribution < -0.4 is 0 Å². The Labute approximate surface area is 168 Å². The Balaban J connectivity index is 1.26. The van der Waals surface area contributed by atoms with Crippen molar-refractivity contribution >= 4 is 17.9 Å². The van der Waals surface area contributed by atoms with Gasteiger partial charge in [-0.05, 0) is 44.3 Å². The largest absolute Gasteiger partial charge is 0.342 e. The minimum Gasteiger partial charge on any atom is -0.342 e. The van der Waals surface area contributed by atoms with E-state index in [-0.39, 0.29) is 17.2 Å². The van der Waals surface area contributed by atoms with Gasteiger partial charge in [-0.3, -0.25) is 14.5 Å². The first kappa shape index (κ1) is 19.2. The highest BCUT2D eigenvalue weighted by atomic mass is 16.2. The molecule has 1 spiro atoms. The first-order chi connectivity index (χ1) is 13.6. The van der Waals surface area contributed by atoms with Gasteiger partial charge in [0.05, 0.1) is 6.54 Å². The average Bonchev–Trinajstić information content (AvgIpc) is 3.31. The standard InChI is InChI=1S/C23H31N3O2/c27-21-17-23(19-26(21)14-6-9-20-7-2-1-3-8-20)10-15-25(16-11-23)22(28)18-24-12-4-5-13-24/h1-3,6-9H,4-5,10-19H2. The van der Waals surface area contributed by atoms with Crippen LogP contribution in [-0.4, -0.2) is 72.3 Å². The predicted molar refractivity (Wildman–Crippen MR) is 111 cm³/mol. The molecule has 5 nitrogen and oxygen atoms in total. The van der Waals surface area contributed by atoms with Gasteiger partial charge in [-0.2, -0.15) is 0 Å². The molecule has 0 saturated carbocycles. The van der Waals surface area contributed by atoms with Crippen molar-refractivity contribution in [2.45, 2.75) is 32.1 Å². The van der Waals surface area contributed by atoms with E-state index in [2.05, 4.69) is 29.2 Å². The molecular formula is C23H31N3O2. The van der Waals surface area contributed by atoms with Crippen molar-refractivity contribution in [2.75, 3.05) is 45.8 Å². The van der Waals surface area contributed by atoms with Crippen LogP contribution in [-0.2, 0) is 9.59 Å². The van der Waals surface area contributed by atoms with Crippen LogP contribution in [0.4, 0.5) is 0 Å². The Morgan fingerprint density at radius 1 is 1.04 bits per heavy atom. The zero-order chi connectivity index (χ0) is 19.4. The quantitative estimate of drug-likeness (QED) is 0.788. The number of rotatable bonds is 5. The molecule has 0 aliphatic carbocycles. The van der Waals surface area contributed by atoms with Gasteiger partial charge in [-0.25, -0.2) is 0 Å². The van der Waals surface area contributed by atoms with Gasteiger partial charge < -0.3 is 9.80 Å². The molecule has 5 heteroatoms. The summed E-state index contributed by atoms with van der Waals surface area (Å²) >= 11 is 0. The molecule has 3 saturated heterocycles. The van der Waals surface area contributed by atoms with Crippen molar-refractivity contribution in [3.05, 3.63) is 42.0 Å². The van der Waals surface area contributed by atoms with Gasteiger partial charge in [0, 0.05) is 38.0 Å². The molecule has 3 fully saturated rings. The Hall–Kier alpha value is -2.14. The first-order valence-electron chi connectivity index (χ1n) is 10.6. The third-order valence-corrected chi connectivity index (χ3v) is 6.58. The van der Waals surface area contributed by atoms with Gasteiger partial charge >= 0.3 is 0 Å². The van der Waals surface area contributed by atoms with Crippen molar-refractivity contribution in [2.24, 2.45) is 5.41 Å². The summed E-state index contributed by atoms with van der Waals surface area (Å²) < 4.78 is 0. The third kappa shape index (κ3) is 4.46. The summed E-state index contributed by atoms with van der Waals surface area (Å²) in [6.07, 6.45) is 9.13. The number of hydrogen-bond donors (Lipinski definition) is 0. The number of benzene rings is 1. The SMILES string of the molecule is O=C(CN1CCCC1)N1CCC2(CC1)CC(=O)N(CC=Cc1ccccc1)C2. The van der Waals surface area contributed by atoms with Gasteiger partial charge in [0.25, 0.3) is 0 Å². The fourth-order valence-corrected chi connectivity index (χ4v) is 4.83. The van der Waals surface area contributed by atoms with E-state index in [4.69, 9.17) is 0 Å². The Morgan fingerprint density at radius 3 is 2.46 bits per heavy atom. The molecular weight excluding hydrogens is 350 g/mol. The molecule has 3 aliphatic rings. The third-order valence-electron chi connectivity index (χ3n) is 6.58. The fourth-order valence-electron chi connectivity index (χ4n) is 4.83. The lowest BCUT2D eigenvalue weighted by Gasteiger charge is -2.39. The predicted octanol–water partition coefficient (Wildman–Crippen LogP) is 2.64. The van der Waals surface area contributed by atoms with Crippen molar-refractivity contribution in [3.63, 3.8) is 0 Å². The molecule has 150 valence electrons. The second-order valence-electron chi connectivity index (χ2n) is 8.63. The number of carbonyl (C=O) groups is 2. The Bertz CT molecular complexity index is 717. The molecule has 0 unspecified atom stereocenters. The Morgan fingerprint density at radius 2 is 1.75 bits per heavy atom. The number of amides is 2. The zero-order valence-electron chi connectivity index (χ0n) is 16.7. The highest BCUT2D eigenvalue weighted by Gasteiger charge is 2.45. The summed E-state index contributed by atoms with van der Waals surface area (Å²) in [7, 11) is 0. The number of nitrogens with zero attached hydrogens (tertiary/aromatic N) is 3. The van der Waals surface area contributed by atoms with Gasteiger partial charge in [0.2, 0.25) is 11.8 Å². The lowest BCUT2D eigenvalue weighted by molar-refractivity contribution is -0.134. The molecule has 0 bridgehead atoms. The summed E-state index contributed by atoms with van der Waals surface area (Å²) in [6.45, 7) is 5.79. The number of carbonyl (C=O) groups excluding carboxylic acids is 2. The van der Waals surface area contributed by atoms with E-state index < -0.39 is 0 Å². The summed E-state index contributed by atoms with van der Waals surface area (Å²) in [6, 6.07) is 10.2. The molecule has 1 aromatic carbocycles. The van der Waals surface area contributed by atoms with Crippen molar-refractivity contribution in [1.82, 2.24) is 14.7 Å². The number of hydrogen-bond acceptors (Lipinski definition) is 3. The minimum atomic E-state index is 0.0715. The van der Waals surface area contributed by atoms with Crippen molar-refractivity contribution < 1.29 is 9.59 Å². The molecule has 1 aromatic rings. The highest BCUT2D eigenvalue weighted by molar-refractivity contribution is 5.80. The molecule has 0 N–H and O–H groups in total. The van der Waals surface area contributed by atoms with Crippen molar-refractivity contribution in [1.29, 1.82) is 0 Å². The van der Waals surface area contributed by atoms with E-state index >= 15 is 0 Å². The van der Waals surface area contributed by atoms with Crippen LogP contribution >= 0.6 is 0 Å². The monoisotopic (exact) mass is 381 g/mol. The number of likely N-dealkylation sites (tertiary alicyclic amines) is 3. The highest BCUT2D eigenvalue weighted by Crippen LogP contribution is 2.41. The van der Waals surface area contributed by atoms with Crippen LogP contribution in [0.25, 0.3) is 6.08 Å². The molecule has 3 aliphatic heterocycles. The molecule has 0 atom stereocenters. The number of piperidine rings is 1. The van der Waals surface area contributed by atoms with Crippen molar-refractivity contribution in [3.8, 4) is 0 Å². The lowest BCUT2D eigenvalue weighted by atomic mass is 9.77. The molecule has 28 heavy (non-hydrogen) atoms. The van der Waals surface area contributed by atoms with E-state index in [0.29, 0.717) is 19.5 Å². The van der Waals surface area contributed by atoms with Gasteiger partial charge in [0.15, 0.2) is 0 Å². The molecule has 2 amide bonds. The maximum absolute atomic E-state index is 12.6. The minimum absolute atomic E-state index is 0.0715. The molecule has 4 rings (SSSR count).